The third-order valence-corrected chi connectivity index (χ3v) is 16.6. The summed E-state index contributed by atoms with van der Waals surface area (Å²) in [5.41, 5.74) is 0. The monoisotopic (exact) mass is 1110 g/mol. The molecule has 79 heavy (non-hydrogen) atoms. The summed E-state index contributed by atoms with van der Waals surface area (Å²) in [5.74, 6) is -0.0514. The molecule has 0 aromatic rings. The van der Waals surface area contributed by atoms with Crippen molar-refractivity contribution in [3.63, 3.8) is 0 Å². The van der Waals surface area contributed by atoms with Crippen LogP contribution in [-0.4, -0.2) is 47.4 Å². The molecule has 0 aromatic heterocycles. The van der Waals surface area contributed by atoms with Gasteiger partial charge in [0, 0.05) is 12.8 Å². The quantitative estimate of drug-likeness (QED) is 0.0320. The number of hydrogen-bond acceptors (Lipinski definition) is 5. The topological polar surface area (TPSA) is 95.9 Å². The predicted octanol–water partition coefficient (Wildman–Crippen LogP) is 23.1. The van der Waals surface area contributed by atoms with Crippen molar-refractivity contribution in [1.82, 2.24) is 5.32 Å². The number of unbranched alkanes of at least 4 members (excludes halogenated alkanes) is 52. The molecule has 0 aliphatic rings. The van der Waals surface area contributed by atoms with Gasteiger partial charge in [0.25, 0.3) is 0 Å². The van der Waals surface area contributed by atoms with Gasteiger partial charge in [-0.2, -0.15) is 0 Å². The minimum atomic E-state index is -0.841. The smallest absolute Gasteiger partial charge is 0.305 e. The van der Waals surface area contributed by atoms with Crippen LogP contribution in [0.4, 0.5) is 0 Å². The van der Waals surface area contributed by atoms with E-state index in [0.717, 1.165) is 44.9 Å². The average Bonchev–Trinajstić information content (AvgIpc) is 3.45. The molecule has 0 saturated heterocycles. The van der Waals surface area contributed by atoms with Crippen molar-refractivity contribution in [2.45, 2.75) is 405 Å². The lowest BCUT2D eigenvalue weighted by Gasteiger charge is -2.20. The van der Waals surface area contributed by atoms with Gasteiger partial charge in [-0.1, -0.05) is 333 Å². The molecule has 0 rings (SSSR count). The van der Waals surface area contributed by atoms with Crippen molar-refractivity contribution < 1.29 is 24.5 Å². The molecule has 0 aliphatic carbocycles. The Hall–Kier alpha value is -1.92. The SMILES string of the molecule is CCCCCCC/C=C\CCCCCCCC(=O)OCCCCCCCCCCCCCCCC/C=C\CCCCCCCCCCCCCCCCCCCC(=O)NC(CO)C(O)/C=C/CCCCCCCCCCCCC. The van der Waals surface area contributed by atoms with E-state index in [2.05, 4.69) is 43.5 Å². The minimum absolute atomic E-state index is 0.0117. The fraction of sp³-hybridized carbons (Fsp3) is 0.890. The molecule has 1 amide bonds. The van der Waals surface area contributed by atoms with Crippen LogP contribution in [0, 0.1) is 0 Å². The first kappa shape index (κ1) is 77.1. The molecular formula is C73H139NO5. The Bertz CT molecular complexity index is 1280. The molecule has 6 heteroatoms. The second-order valence-electron chi connectivity index (χ2n) is 24.6. The summed E-state index contributed by atoms with van der Waals surface area (Å²) in [6.45, 7) is 4.91. The zero-order valence-electron chi connectivity index (χ0n) is 53.4. The first-order valence-electron chi connectivity index (χ1n) is 35.8. The zero-order valence-corrected chi connectivity index (χ0v) is 53.4. The lowest BCUT2D eigenvalue weighted by molar-refractivity contribution is -0.143. The molecule has 0 radical (unpaired) electrons. The fourth-order valence-electron chi connectivity index (χ4n) is 11.2. The van der Waals surface area contributed by atoms with E-state index >= 15 is 0 Å². The summed E-state index contributed by atoms with van der Waals surface area (Å²) >= 11 is 0. The number of amides is 1. The van der Waals surface area contributed by atoms with Gasteiger partial charge in [-0.25, -0.2) is 0 Å². The molecule has 3 N–H and O–H groups in total. The molecule has 6 nitrogen and oxygen atoms in total. The van der Waals surface area contributed by atoms with Crippen LogP contribution in [0.5, 0.6) is 0 Å². The minimum Gasteiger partial charge on any atom is -0.466 e. The normalized spacial score (nSPS) is 12.7. The van der Waals surface area contributed by atoms with Crippen LogP contribution in [0.25, 0.3) is 0 Å². The molecule has 0 aliphatic heterocycles. The fourth-order valence-corrected chi connectivity index (χ4v) is 11.2. The third-order valence-electron chi connectivity index (χ3n) is 16.6. The highest BCUT2D eigenvalue weighted by Gasteiger charge is 2.18. The van der Waals surface area contributed by atoms with Crippen LogP contribution in [0.1, 0.15) is 393 Å². The molecule has 0 spiro atoms. The van der Waals surface area contributed by atoms with E-state index < -0.39 is 12.1 Å². The Balaban J connectivity index is 3.34. The Morgan fingerprint density at radius 3 is 0.899 bits per heavy atom. The molecule has 0 heterocycles. The number of esters is 1. The number of aliphatic hydroxyl groups is 2. The molecular weight excluding hydrogens is 971 g/mol. The molecule has 2 atom stereocenters. The van der Waals surface area contributed by atoms with Crippen LogP contribution in [0.2, 0.25) is 0 Å². The second-order valence-corrected chi connectivity index (χ2v) is 24.6. The highest BCUT2D eigenvalue weighted by molar-refractivity contribution is 5.76. The van der Waals surface area contributed by atoms with Gasteiger partial charge in [-0.3, -0.25) is 9.59 Å². The summed E-state index contributed by atoms with van der Waals surface area (Å²) in [4.78, 5) is 24.5. The van der Waals surface area contributed by atoms with Gasteiger partial charge < -0.3 is 20.3 Å². The Kier molecular flexibility index (Phi) is 66.9. The van der Waals surface area contributed by atoms with Crippen molar-refractivity contribution in [3.8, 4) is 0 Å². The van der Waals surface area contributed by atoms with Crippen molar-refractivity contribution in [3.05, 3.63) is 36.5 Å². The van der Waals surface area contributed by atoms with E-state index in [1.165, 1.54) is 321 Å². The molecule has 466 valence electrons. The van der Waals surface area contributed by atoms with E-state index in [-0.39, 0.29) is 18.5 Å². The number of hydrogen-bond donors (Lipinski definition) is 3. The van der Waals surface area contributed by atoms with Crippen LogP contribution in [0.3, 0.4) is 0 Å². The van der Waals surface area contributed by atoms with E-state index in [9.17, 15) is 19.8 Å². The third kappa shape index (κ3) is 65.1. The van der Waals surface area contributed by atoms with E-state index in [1.54, 1.807) is 6.08 Å². The standard InChI is InChI=1S/C73H139NO5/c1-3-5-7-9-11-13-15-17-43-47-51-55-59-63-67-73(78)79-68-64-60-56-52-48-44-40-38-36-34-32-30-28-26-24-22-20-18-19-21-23-25-27-29-31-33-35-37-39-42-46-50-54-58-62-66-72(77)74-70(69-75)71(76)65-61-57-53-49-45-41-16-14-12-10-8-6-4-2/h15,17,20,22,61,65,70-71,75-76H,3-14,16,18-19,21,23-60,62-64,66-69H2,1-2H3,(H,74,77)/b17-15-,22-20-,65-61+. The van der Waals surface area contributed by atoms with Gasteiger partial charge in [-0.05, 0) is 83.5 Å². The lowest BCUT2D eigenvalue weighted by atomic mass is 10.0. The number of aliphatic hydroxyl groups excluding tert-OH is 2. The van der Waals surface area contributed by atoms with Crippen molar-refractivity contribution in [2.24, 2.45) is 0 Å². The van der Waals surface area contributed by atoms with Crippen LogP contribution in [0.15, 0.2) is 36.5 Å². The lowest BCUT2D eigenvalue weighted by Crippen LogP contribution is -2.45. The van der Waals surface area contributed by atoms with Gasteiger partial charge in [0.05, 0.1) is 25.4 Å². The van der Waals surface area contributed by atoms with Gasteiger partial charge in [0.1, 0.15) is 0 Å². The Morgan fingerprint density at radius 2 is 0.595 bits per heavy atom. The number of nitrogens with one attached hydrogen (secondary N) is 1. The van der Waals surface area contributed by atoms with Crippen molar-refractivity contribution in [1.29, 1.82) is 0 Å². The maximum Gasteiger partial charge on any atom is 0.305 e. The summed E-state index contributed by atoms with van der Waals surface area (Å²) in [5, 5.41) is 23.1. The molecule has 0 aromatic carbocycles. The molecule has 0 bridgehead atoms. The summed E-state index contributed by atoms with van der Waals surface area (Å²) in [6.07, 6.45) is 88.1. The van der Waals surface area contributed by atoms with E-state index in [1.807, 2.05) is 6.08 Å². The van der Waals surface area contributed by atoms with Gasteiger partial charge >= 0.3 is 5.97 Å². The molecule has 0 saturated carbocycles. The average molecular weight is 1110 g/mol. The first-order chi connectivity index (χ1) is 39.0. The first-order valence-corrected chi connectivity index (χ1v) is 35.8. The van der Waals surface area contributed by atoms with Crippen molar-refractivity contribution in [2.75, 3.05) is 13.2 Å². The van der Waals surface area contributed by atoms with E-state index in [4.69, 9.17) is 4.74 Å². The van der Waals surface area contributed by atoms with Gasteiger partial charge in [0.2, 0.25) is 5.91 Å². The van der Waals surface area contributed by atoms with Crippen LogP contribution < -0.4 is 5.32 Å². The summed E-state index contributed by atoms with van der Waals surface area (Å²) in [6, 6.07) is -0.624. The zero-order chi connectivity index (χ0) is 57.1. The van der Waals surface area contributed by atoms with Crippen molar-refractivity contribution >= 4 is 11.9 Å². The van der Waals surface area contributed by atoms with Crippen LogP contribution in [-0.2, 0) is 14.3 Å². The maximum atomic E-state index is 12.5. The predicted molar refractivity (Wildman–Crippen MR) is 347 cm³/mol. The highest BCUT2D eigenvalue weighted by atomic mass is 16.5. The Labute approximate surface area is 494 Å². The number of carbonyl (C=O) groups excluding carboxylic acids is 2. The number of rotatable bonds is 67. The largest absolute Gasteiger partial charge is 0.466 e. The number of ether oxygens (including phenoxy) is 1. The molecule has 0 fully saturated rings. The van der Waals surface area contributed by atoms with E-state index in [0.29, 0.717) is 19.4 Å². The Morgan fingerprint density at radius 1 is 0.342 bits per heavy atom. The van der Waals surface area contributed by atoms with Gasteiger partial charge in [0.15, 0.2) is 0 Å². The number of allylic oxidation sites excluding steroid dienone is 5. The van der Waals surface area contributed by atoms with Crippen LogP contribution >= 0.6 is 0 Å². The van der Waals surface area contributed by atoms with Gasteiger partial charge in [-0.15, -0.1) is 0 Å². The maximum absolute atomic E-state index is 12.5. The summed E-state index contributed by atoms with van der Waals surface area (Å²) in [7, 11) is 0. The highest BCUT2D eigenvalue weighted by Crippen LogP contribution is 2.18. The second kappa shape index (κ2) is 68.6. The number of carbonyl (C=O) groups is 2. The summed E-state index contributed by atoms with van der Waals surface area (Å²) < 4.78 is 5.49. The molecule has 2 unspecified atom stereocenters.